The van der Waals surface area contributed by atoms with Crippen molar-refractivity contribution in [3.8, 4) is 0 Å². The molecule has 20 heavy (non-hydrogen) atoms. The van der Waals surface area contributed by atoms with E-state index in [1.807, 2.05) is 6.92 Å². The Balaban J connectivity index is 1.76. The van der Waals surface area contributed by atoms with E-state index in [0.717, 1.165) is 37.5 Å². The van der Waals surface area contributed by atoms with E-state index in [-0.39, 0.29) is 11.9 Å². The van der Waals surface area contributed by atoms with Gasteiger partial charge in [-0.2, -0.15) is 0 Å². The van der Waals surface area contributed by atoms with Gasteiger partial charge in [-0.3, -0.25) is 4.79 Å². The second-order valence-corrected chi connectivity index (χ2v) is 5.14. The zero-order valence-corrected chi connectivity index (χ0v) is 11.5. The zero-order valence-electron chi connectivity index (χ0n) is 11.5. The van der Waals surface area contributed by atoms with Crippen LogP contribution in [-0.4, -0.2) is 20.7 Å². The third-order valence-corrected chi connectivity index (χ3v) is 3.66. The largest absolute Gasteiger partial charge is 0.472 e. The van der Waals surface area contributed by atoms with E-state index >= 15 is 0 Å². The first-order valence-electron chi connectivity index (χ1n) is 7.01. The third-order valence-electron chi connectivity index (χ3n) is 3.66. The van der Waals surface area contributed by atoms with Crippen LogP contribution in [0.25, 0.3) is 0 Å². The van der Waals surface area contributed by atoms with Crippen molar-refractivity contribution in [1.29, 1.82) is 0 Å². The van der Waals surface area contributed by atoms with Crippen molar-refractivity contribution in [2.24, 2.45) is 0 Å². The summed E-state index contributed by atoms with van der Waals surface area (Å²) in [5, 5.41) is 11.4. The number of amides is 1. The van der Waals surface area contributed by atoms with Crippen molar-refractivity contribution in [3.63, 3.8) is 0 Å². The molecule has 1 N–H and O–H groups in total. The van der Waals surface area contributed by atoms with Gasteiger partial charge in [0, 0.05) is 13.0 Å². The third kappa shape index (κ3) is 2.45. The molecule has 0 fully saturated rings. The lowest BCUT2D eigenvalue weighted by Crippen LogP contribution is -2.28. The molecule has 2 aromatic rings. The molecule has 0 saturated carbocycles. The van der Waals surface area contributed by atoms with Crippen LogP contribution in [-0.2, 0) is 13.0 Å². The first-order valence-corrected chi connectivity index (χ1v) is 7.01. The minimum atomic E-state index is -0.170. The van der Waals surface area contributed by atoms with Crippen molar-refractivity contribution in [3.05, 3.63) is 35.8 Å². The Morgan fingerprint density at radius 2 is 2.30 bits per heavy atom. The van der Waals surface area contributed by atoms with E-state index < -0.39 is 0 Å². The molecule has 0 saturated heterocycles. The Bertz CT molecular complexity index is 588. The molecule has 106 valence electrons. The molecule has 1 aliphatic heterocycles. The summed E-state index contributed by atoms with van der Waals surface area (Å²) < 4.78 is 7.07. The van der Waals surface area contributed by atoms with Gasteiger partial charge in [0.15, 0.2) is 5.82 Å². The number of nitrogens with zero attached hydrogens (tertiary/aromatic N) is 3. The Morgan fingerprint density at radius 3 is 3.10 bits per heavy atom. The number of hydrogen-bond acceptors (Lipinski definition) is 4. The number of carbonyl (C=O) groups excluding carboxylic acids is 1. The lowest BCUT2D eigenvalue weighted by atomic mass is 10.2. The molecule has 3 heterocycles. The van der Waals surface area contributed by atoms with Gasteiger partial charge < -0.3 is 14.3 Å². The van der Waals surface area contributed by atoms with Crippen LogP contribution in [0.15, 0.2) is 23.0 Å². The predicted octanol–water partition coefficient (Wildman–Crippen LogP) is 2.09. The van der Waals surface area contributed by atoms with E-state index in [4.69, 9.17) is 4.42 Å². The molecule has 2 aromatic heterocycles. The molecule has 0 spiro atoms. The minimum Gasteiger partial charge on any atom is -0.472 e. The quantitative estimate of drug-likeness (QED) is 0.930. The zero-order chi connectivity index (χ0) is 13.9. The number of carbonyl (C=O) groups is 1. The van der Waals surface area contributed by atoms with Gasteiger partial charge in [0.2, 0.25) is 0 Å². The van der Waals surface area contributed by atoms with Crippen molar-refractivity contribution < 1.29 is 9.21 Å². The van der Waals surface area contributed by atoms with Crippen LogP contribution in [0.1, 0.15) is 54.2 Å². The number of fused-ring (bicyclic) bond motifs is 1. The van der Waals surface area contributed by atoms with Gasteiger partial charge in [0.1, 0.15) is 12.1 Å². The summed E-state index contributed by atoms with van der Waals surface area (Å²) in [5.74, 6) is 1.71. The van der Waals surface area contributed by atoms with E-state index in [0.29, 0.717) is 5.56 Å². The summed E-state index contributed by atoms with van der Waals surface area (Å²) >= 11 is 0. The van der Waals surface area contributed by atoms with Crippen LogP contribution in [0, 0.1) is 0 Å². The highest BCUT2D eigenvalue weighted by molar-refractivity contribution is 5.93. The van der Waals surface area contributed by atoms with Crippen molar-refractivity contribution in [2.75, 3.05) is 0 Å². The molecule has 1 aliphatic rings. The molecule has 6 nitrogen and oxygen atoms in total. The molecular weight excluding hydrogens is 256 g/mol. The number of furan rings is 1. The van der Waals surface area contributed by atoms with Crippen molar-refractivity contribution in [1.82, 2.24) is 20.1 Å². The fraction of sp³-hybridized carbons (Fsp3) is 0.500. The molecule has 3 rings (SSSR count). The molecule has 0 aliphatic carbocycles. The first-order chi connectivity index (χ1) is 9.75. The fourth-order valence-electron chi connectivity index (χ4n) is 2.57. The van der Waals surface area contributed by atoms with Crippen molar-refractivity contribution in [2.45, 2.75) is 45.2 Å². The van der Waals surface area contributed by atoms with Crippen molar-refractivity contribution >= 4 is 5.91 Å². The number of aromatic nitrogens is 3. The summed E-state index contributed by atoms with van der Waals surface area (Å²) in [7, 11) is 0. The number of hydrogen-bond donors (Lipinski definition) is 1. The van der Waals surface area contributed by atoms with E-state index in [2.05, 4.69) is 20.1 Å². The second-order valence-electron chi connectivity index (χ2n) is 5.14. The molecule has 0 radical (unpaired) electrons. The Kier molecular flexibility index (Phi) is 3.54. The summed E-state index contributed by atoms with van der Waals surface area (Å²) in [6.07, 6.45) is 7.41. The Labute approximate surface area is 117 Å². The maximum Gasteiger partial charge on any atom is 0.255 e. The topological polar surface area (TPSA) is 73.0 Å². The number of nitrogens with one attached hydrogen (secondary N) is 1. The Morgan fingerprint density at radius 1 is 1.40 bits per heavy atom. The molecule has 0 bridgehead atoms. The summed E-state index contributed by atoms with van der Waals surface area (Å²) in [6.45, 7) is 2.86. The SMILES string of the molecule is CC(NC(=O)c1ccoc1)c1nnc2n1CCCCC2. The van der Waals surface area contributed by atoms with E-state index in [1.165, 1.54) is 18.9 Å². The van der Waals surface area contributed by atoms with Gasteiger partial charge in [0.25, 0.3) is 5.91 Å². The second kappa shape index (κ2) is 5.48. The van der Waals surface area contributed by atoms with Gasteiger partial charge >= 0.3 is 0 Å². The van der Waals surface area contributed by atoms with Crippen LogP contribution in [0.4, 0.5) is 0 Å². The molecule has 1 atom stereocenters. The number of aryl methyl sites for hydroxylation is 1. The molecular formula is C14H18N4O2. The first kappa shape index (κ1) is 12.9. The van der Waals surface area contributed by atoms with Crippen LogP contribution < -0.4 is 5.32 Å². The highest BCUT2D eigenvalue weighted by Crippen LogP contribution is 2.18. The average Bonchev–Trinajstić information content (AvgIpc) is 3.04. The van der Waals surface area contributed by atoms with Gasteiger partial charge in [-0.25, -0.2) is 0 Å². The molecule has 1 unspecified atom stereocenters. The molecule has 1 amide bonds. The monoisotopic (exact) mass is 274 g/mol. The lowest BCUT2D eigenvalue weighted by molar-refractivity contribution is 0.0937. The van der Waals surface area contributed by atoms with E-state index in [9.17, 15) is 4.79 Å². The highest BCUT2D eigenvalue weighted by Gasteiger charge is 2.21. The minimum absolute atomic E-state index is 0.155. The molecule has 6 heteroatoms. The van der Waals surface area contributed by atoms with Crippen LogP contribution in [0.2, 0.25) is 0 Å². The Hall–Kier alpha value is -2.11. The lowest BCUT2D eigenvalue weighted by Gasteiger charge is -2.14. The maximum atomic E-state index is 12.0. The average molecular weight is 274 g/mol. The van der Waals surface area contributed by atoms with Gasteiger partial charge in [0.05, 0.1) is 17.9 Å². The maximum absolute atomic E-state index is 12.0. The summed E-state index contributed by atoms with van der Waals surface area (Å²) in [6, 6.07) is 1.48. The summed E-state index contributed by atoms with van der Waals surface area (Å²) in [5.41, 5.74) is 0.521. The smallest absolute Gasteiger partial charge is 0.255 e. The fourth-order valence-corrected chi connectivity index (χ4v) is 2.57. The van der Waals surface area contributed by atoms with Gasteiger partial charge in [-0.05, 0) is 25.8 Å². The van der Waals surface area contributed by atoms with Gasteiger partial charge in [-0.1, -0.05) is 6.42 Å². The van der Waals surface area contributed by atoms with Crippen LogP contribution >= 0.6 is 0 Å². The standard InChI is InChI=1S/C14H18N4O2/c1-10(15-14(19)11-6-8-20-9-11)13-17-16-12-5-3-2-4-7-18(12)13/h6,8-10H,2-5,7H2,1H3,(H,15,19). The van der Waals surface area contributed by atoms with E-state index in [1.54, 1.807) is 6.07 Å². The van der Waals surface area contributed by atoms with Crippen LogP contribution in [0.3, 0.4) is 0 Å². The van der Waals surface area contributed by atoms with Crippen LogP contribution in [0.5, 0.6) is 0 Å². The normalized spacial score (nSPS) is 16.2. The number of rotatable bonds is 3. The summed E-state index contributed by atoms with van der Waals surface area (Å²) in [4.78, 5) is 12.0. The van der Waals surface area contributed by atoms with Gasteiger partial charge in [-0.15, -0.1) is 10.2 Å². The predicted molar refractivity (Wildman–Crippen MR) is 72.2 cm³/mol. The highest BCUT2D eigenvalue weighted by atomic mass is 16.3. The molecule has 0 aromatic carbocycles.